The highest BCUT2D eigenvalue weighted by Crippen LogP contribution is 2.66. The lowest BCUT2D eigenvalue weighted by molar-refractivity contribution is -0.228. The molecule has 0 rings (SSSR count). The van der Waals surface area contributed by atoms with Gasteiger partial charge in [0.1, 0.15) is 77.8 Å². The summed E-state index contributed by atoms with van der Waals surface area (Å²) in [6.07, 6.45) is -38.9. The zero-order valence-electron chi connectivity index (χ0n) is 33.9. The molecule has 0 aliphatic heterocycles. The van der Waals surface area contributed by atoms with Crippen LogP contribution in [0.25, 0.3) is 0 Å². The largest absolute Gasteiger partial charge is 0.393 e. The van der Waals surface area contributed by atoms with Gasteiger partial charge in [-0.05, 0) is 0 Å². The number of rotatable bonds is 34. The first-order valence-electron chi connectivity index (χ1n) is 18.6. The number of aliphatic hydroxyl groups excluding tert-OH is 20. The predicted octanol–water partition coefficient (Wildman–Crippen LogP) is -16.5. The fourth-order valence-electron chi connectivity index (χ4n) is 7.58. The average molecular weight is 969 g/mol. The van der Waals surface area contributed by atoms with Gasteiger partial charge in [0.15, 0.2) is 51.7 Å². The molecule has 10 unspecified atom stereocenters. The van der Waals surface area contributed by atoms with Gasteiger partial charge in [-0.3, -0.25) is 47.9 Å². The number of hydrogen-bond donors (Lipinski definition) is 21. The van der Waals surface area contributed by atoms with Crippen LogP contribution in [0.1, 0.15) is 0 Å². The third-order valence-corrected chi connectivity index (χ3v) is 10.5. The van der Waals surface area contributed by atoms with Gasteiger partial charge < -0.3 is 107 Å². The van der Waals surface area contributed by atoms with Gasteiger partial charge in [-0.25, -0.2) is 0 Å². The first-order valence-corrected chi connectivity index (χ1v) is 18.6. The third-order valence-electron chi connectivity index (χ3n) is 10.5. The van der Waals surface area contributed by atoms with Gasteiger partial charge in [-0.2, -0.15) is 0 Å². The van der Waals surface area contributed by atoms with Gasteiger partial charge in [0, 0.05) is 0 Å². The van der Waals surface area contributed by atoms with E-state index in [1.807, 2.05) is 0 Å². The number of carbonyl (C=O) groups is 10. The maximum Gasteiger partial charge on any atom is 0.208 e. The Labute approximate surface area is 367 Å². The summed E-state index contributed by atoms with van der Waals surface area (Å²) < 4.78 is 0. The summed E-state index contributed by atoms with van der Waals surface area (Å²) in [6.45, 7) is -23.8. The van der Waals surface area contributed by atoms with Crippen LogP contribution in [0.15, 0.2) is 0 Å². The first-order chi connectivity index (χ1) is 30.5. The van der Waals surface area contributed by atoms with Gasteiger partial charge in [-0.15, -0.1) is 0 Å². The second-order valence-corrected chi connectivity index (χ2v) is 14.2. The highest BCUT2D eigenvalue weighted by Gasteiger charge is 2.91. The molecule has 0 aromatic carbocycles. The van der Waals surface area contributed by atoms with Gasteiger partial charge in [0.05, 0.1) is 66.1 Å². The van der Waals surface area contributed by atoms with Crippen LogP contribution in [0, 0.1) is 22.2 Å². The SMILES string of the molecule is O=C(C(O)CO)C(C(=O)C(O)CO)C(C(=O)C(O)CO)(C(=O)C(O)CO)C(C(=O)C(O)CO)(C(=O)C(O)CO)C(C(=O)C(O)CO)(C(=O)C(O)CO)C(O)(C(=O)C(O)CO)C(=O)C(O)CO. The van der Waals surface area contributed by atoms with Gasteiger partial charge >= 0.3 is 0 Å². The van der Waals surface area contributed by atoms with Crippen molar-refractivity contribution in [2.75, 3.05) is 66.1 Å². The van der Waals surface area contributed by atoms with E-state index in [0.29, 0.717) is 0 Å². The van der Waals surface area contributed by atoms with Crippen molar-refractivity contribution in [2.24, 2.45) is 22.2 Å². The Hall–Kier alpha value is -4.14. The van der Waals surface area contributed by atoms with Crippen molar-refractivity contribution in [3.05, 3.63) is 0 Å². The van der Waals surface area contributed by atoms with Crippen LogP contribution in [-0.4, -0.2) is 298 Å². The summed E-state index contributed by atoms with van der Waals surface area (Å²) in [7, 11) is 0. The first kappa shape index (κ1) is 61.9. The minimum Gasteiger partial charge on any atom is -0.393 e. The van der Waals surface area contributed by atoms with E-state index >= 15 is 28.8 Å². The molecule has 0 bridgehead atoms. The number of carbonyl (C=O) groups excluding carboxylic acids is 10. The second-order valence-electron chi connectivity index (χ2n) is 14.2. The summed E-state index contributed by atoms with van der Waals surface area (Å²) in [6, 6.07) is 0. The van der Waals surface area contributed by atoms with Crippen molar-refractivity contribution in [2.45, 2.75) is 66.6 Å². The van der Waals surface area contributed by atoms with Crippen molar-refractivity contribution in [3.63, 3.8) is 0 Å². The zero-order chi connectivity index (χ0) is 52.2. The molecule has 0 aromatic heterocycles. The zero-order valence-corrected chi connectivity index (χ0v) is 33.9. The summed E-state index contributed by atoms with van der Waals surface area (Å²) in [4.78, 5) is 151. The average Bonchev–Trinajstić information content (AvgIpc) is 3.34. The molecular formula is C35H52O31. The van der Waals surface area contributed by atoms with E-state index < -0.39 is 213 Å². The summed E-state index contributed by atoms with van der Waals surface area (Å²) >= 11 is 0. The molecule has 0 heterocycles. The quantitative estimate of drug-likeness (QED) is 0.0266. The minimum absolute atomic E-state index is 2.18. The van der Waals surface area contributed by atoms with E-state index in [9.17, 15) is 126 Å². The van der Waals surface area contributed by atoms with Crippen molar-refractivity contribution in [1.29, 1.82) is 0 Å². The van der Waals surface area contributed by atoms with E-state index in [1.54, 1.807) is 0 Å². The lowest BCUT2D eigenvalue weighted by Gasteiger charge is -2.61. The maximum absolute atomic E-state index is 15.6. The summed E-state index contributed by atoms with van der Waals surface area (Å²) in [5, 5.41) is 223. The molecule has 0 spiro atoms. The molecule has 0 saturated carbocycles. The Kier molecular flexibility index (Phi) is 23.7. The minimum atomic E-state index is -6.52. The van der Waals surface area contributed by atoms with E-state index in [4.69, 9.17) is 0 Å². The molecule has 31 nitrogen and oxygen atoms in total. The molecule has 0 amide bonds. The second kappa shape index (κ2) is 25.3. The molecule has 21 N–H and O–H groups in total. The van der Waals surface area contributed by atoms with Crippen molar-refractivity contribution >= 4 is 57.8 Å². The van der Waals surface area contributed by atoms with Gasteiger partial charge in [-0.1, -0.05) is 0 Å². The van der Waals surface area contributed by atoms with Crippen LogP contribution in [0.3, 0.4) is 0 Å². The monoisotopic (exact) mass is 968 g/mol. The lowest BCUT2D eigenvalue weighted by Crippen LogP contribution is -2.87. The van der Waals surface area contributed by atoms with Crippen LogP contribution in [0.5, 0.6) is 0 Å². The fourth-order valence-corrected chi connectivity index (χ4v) is 7.58. The highest BCUT2D eigenvalue weighted by molar-refractivity contribution is 6.37. The topological polar surface area (TPSA) is 596 Å². The normalized spacial score (nSPS) is 20.6. The number of hydrogen-bond acceptors (Lipinski definition) is 31. The molecular weight excluding hydrogens is 916 g/mol. The smallest absolute Gasteiger partial charge is 0.208 e. The maximum atomic E-state index is 15.6. The van der Waals surface area contributed by atoms with Crippen molar-refractivity contribution in [1.82, 2.24) is 0 Å². The van der Waals surface area contributed by atoms with E-state index in [1.165, 1.54) is 0 Å². The van der Waals surface area contributed by atoms with Gasteiger partial charge in [0.25, 0.3) is 0 Å². The molecule has 10 atom stereocenters. The third kappa shape index (κ3) is 9.88. The predicted molar refractivity (Wildman–Crippen MR) is 197 cm³/mol. The van der Waals surface area contributed by atoms with Crippen molar-refractivity contribution in [3.8, 4) is 0 Å². The molecule has 0 fully saturated rings. The Morgan fingerprint density at radius 2 is 0.455 bits per heavy atom. The molecule has 0 saturated heterocycles. The number of aliphatic hydroxyl groups is 21. The molecule has 0 aromatic rings. The highest BCUT2D eigenvalue weighted by atomic mass is 16.4. The molecule has 0 aliphatic carbocycles. The summed E-state index contributed by atoms with van der Waals surface area (Å²) in [5.41, 5.74) is -25.3. The van der Waals surface area contributed by atoms with Crippen LogP contribution < -0.4 is 0 Å². The number of ketones is 10. The Bertz CT molecular complexity index is 1680. The summed E-state index contributed by atoms with van der Waals surface area (Å²) in [5.74, 6) is -38.8. The Morgan fingerprint density at radius 3 is 0.667 bits per heavy atom. The van der Waals surface area contributed by atoms with Gasteiger partial charge in [0.2, 0.25) is 17.2 Å². The van der Waals surface area contributed by atoms with E-state index in [-0.39, 0.29) is 0 Å². The van der Waals surface area contributed by atoms with Crippen LogP contribution in [0.2, 0.25) is 0 Å². The lowest BCUT2D eigenvalue weighted by atomic mass is 9.33. The Morgan fingerprint density at radius 1 is 0.273 bits per heavy atom. The number of Topliss-reactive ketones (excluding diaryl/α,β-unsaturated/α-hetero) is 10. The van der Waals surface area contributed by atoms with Crippen LogP contribution in [-0.2, 0) is 47.9 Å². The fraction of sp³-hybridized carbons (Fsp3) is 0.714. The standard InChI is InChI=1S/C35H52O31/c36-1-11(46)22(56)21(23(57)12(47)2-37)32(24(58)13(48)3-38,25(59)14(49)4-39)33(26(60)15(50)5-40,27(61)16(51)6-41)34(28(62)17(52)7-42,29(63)18(53)8-43)35(66,30(64)19(54)9-44)31(65)20(55)10-45/h11-21,36-55,66H,1-10H2. The Balaban J connectivity index is 12.4. The van der Waals surface area contributed by atoms with Crippen LogP contribution in [0.4, 0.5) is 0 Å². The van der Waals surface area contributed by atoms with Crippen LogP contribution >= 0.6 is 0 Å². The molecule has 0 aliphatic rings. The van der Waals surface area contributed by atoms with E-state index in [0.717, 1.165) is 0 Å². The molecule has 0 radical (unpaired) electrons. The van der Waals surface area contributed by atoms with Crippen molar-refractivity contribution < 1.29 is 155 Å². The van der Waals surface area contributed by atoms with E-state index in [2.05, 4.69) is 0 Å². The molecule has 31 heteroatoms. The molecule has 66 heavy (non-hydrogen) atoms. The molecule has 378 valence electrons.